The molecule has 0 bridgehead atoms. The maximum absolute atomic E-state index is 13.6. The van der Waals surface area contributed by atoms with Crippen LogP contribution in [0, 0.1) is 0 Å². The molecule has 1 aliphatic carbocycles. The summed E-state index contributed by atoms with van der Waals surface area (Å²) in [6, 6.07) is 16.8. The summed E-state index contributed by atoms with van der Waals surface area (Å²) in [5.74, 6) is 1.35. The highest BCUT2D eigenvalue weighted by molar-refractivity contribution is 5.95. The van der Waals surface area contributed by atoms with Crippen molar-refractivity contribution in [1.29, 1.82) is 0 Å². The van der Waals surface area contributed by atoms with Gasteiger partial charge in [-0.1, -0.05) is 18.2 Å². The number of piperidine rings is 1. The third kappa shape index (κ3) is 5.94. The van der Waals surface area contributed by atoms with Gasteiger partial charge >= 0.3 is 0 Å². The number of para-hydroxylation sites is 1. The van der Waals surface area contributed by atoms with Crippen molar-refractivity contribution in [1.82, 2.24) is 19.7 Å². The number of carbonyl (C=O) groups is 1. The van der Waals surface area contributed by atoms with Gasteiger partial charge in [0.2, 0.25) is 0 Å². The van der Waals surface area contributed by atoms with Crippen molar-refractivity contribution in [2.75, 3.05) is 75.1 Å². The maximum atomic E-state index is 13.6. The number of aliphatic hydroxyl groups excluding tert-OH is 1. The number of nitrogens with one attached hydrogen (secondary N) is 1. The molecule has 1 amide bonds. The number of piperazine rings is 1. The molecule has 3 fully saturated rings. The molecule has 1 aromatic heterocycles. The molecule has 0 radical (unpaired) electrons. The van der Waals surface area contributed by atoms with Crippen molar-refractivity contribution in [2.24, 2.45) is 0 Å². The van der Waals surface area contributed by atoms with E-state index < -0.39 is 6.23 Å². The van der Waals surface area contributed by atoms with E-state index in [9.17, 15) is 9.90 Å². The van der Waals surface area contributed by atoms with Crippen LogP contribution >= 0.6 is 0 Å². The average Bonchev–Trinajstić information content (AvgIpc) is 3.91. The maximum Gasteiger partial charge on any atom is 0.254 e. The van der Waals surface area contributed by atoms with E-state index in [0.29, 0.717) is 35.8 Å². The summed E-state index contributed by atoms with van der Waals surface area (Å²) in [4.78, 5) is 29.5. The smallest absolute Gasteiger partial charge is 0.254 e. The minimum Gasteiger partial charge on any atom is -0.492 e. The van der Waals surface area contributed by atoms with Crippen molar-refractivity contribution >= 4 is 34.5 Å². The van der Waals surface area contributed by atoms with E-state index in [4.69, 9.17) is 9.72 Å². The van der Waals surface area contributed by atoms with Crippen molar-refractivity contribution in [3.05, 3.63) is 65.9 Å². The topological polar surface area (TPSA) is 87.7 Å². The van der Waals surface area contributed by atoms with Gasteiger partial charge in [0.25, 0.3) is 5.91 Å². The number of aromatic nitrogens is 1. The van der Waals surface area contributed by atoms with Crippen LogP contribution in [0.3, 0.4) is 0 Å². The van der Waals surface area contributed by atoms with Crippen molar-refractivity contribution in [3.63, 3.8) is 0 Å². The summed E-state index contributed by atoms with van der Waals surface area (Å²) >= 11 is 0. The average molecular weight is 612 g/mol. The zero-order valence-electron chi connectivity index (χ0n) is 26.7. The zero-order chi connectivity index (χ0) is 31.1. The Bertz CT molecular complexity index is 1530. The largest absolute Gasteiger partial charge is 0.492 e. The van der Waals surface area contributed by atoms with Gasteiger partial charge in [0.15, 0.2) is 6.23 Å². The van der Waals surface area contributed by atoms with Crippen molar-refractivity contribution in [2.45, 2.75) is 50.9 Å². The van der Waals surface area contributed by atoms with E-state index >= 15 is 0 Å². The number of pyridine rings is 1. The number of aliphatic hydroxyl groups is 1. The molecule has 2 N–H and O–H groups in total. The highest BCUT2D eigenvalue weighted by atomic mass is 16.5. The third-order valence-electron chi connectivity index (χ3n) is 9.85. The zero-order valence-corrected chi connectivity index (χ0v) is 26.7. The molecule has 3 aromatic rings. The van der Waals surface area contributed by atoms with Crippen LogP contribution in [0.4, 0.5) is 28.6 Å². The Morgan fingerprint density at radius 1 is 0.911 bits per heavy atom. The van der Waals surface area contributed by atoms with Gasteiger partial charge in [0.1, 0.15) is 11.6 Å². The number of benzene rings is 2. The van der Waals surface area contributed by atoms with Crippen molar-refractivity contribution in [3.8, 4) is 5.75 Å². The van der Waals surface area contributed by atoms with E-state index in [1.807, 2.05) is 66.4 Å². The predicted molar refractivity (Wildman–Crippen MR) is 178 cm³/mol. The molecule has 10 heteroatoms. The summed E-state index contributed by atoms with van der Waals surface area (Å²) in [6.45, 7) is 8.08. The first-order chi connectivity index (χ1) is 21.9. The van der Waals surface area contributed by atoms with E-state index in [0.717, 1.165) is 80.4 Å². The quantitative estimate of drug-likeness (QED) is 0.391. The first-order valence-corrected chi connectivity index (χ1v) is 16.5. The summed E-state index contributed by atoms with van der Waals surface area (Å²) in [5.41, 5.74) is 5.19. The molecule has 3 aliphatic heterocycles. The molecule has 1 saturated carbocycles. The molecule has 0 spiro atoms. The van der Waals surface area contributed by atoms with Crippen LogP contribution in [0.5, 0.6) is 5.75 Å². The fourth-order valence-electron chi connectivity index (χ4n) is 7.10. The Morgan fingerprint density at radius 2 is 1.67 bits per heavy atom. The molecule has 7 rings (SSSR count). The van der Waals surface area contributed by atoms with Crippen molar-refractivity contribution < 1.29 is 14.6 Å². The molecule has 2 aromatic carbocycles. The number of hydrogen-bond acceptors (Lipinski definition) is 9. The Hall–Kier alpha value is -3.86. The molecule has 10 nitrogen and oxygen atoms in total. The second kappa shape index (κ2) is 12.5. The Morgan fingerprint density at radius 3 is 2.40 bits per heavy atom. The third-order valence-corrected chi connectivity index (χ3v) is 9.85. The number of fused-ring (bicyclic) bond motifs is 2. The van der Waals surface area contributed by atoms with E-state index in [1.54, 1.807) is 0 Å². The lowest BCUT2D eigenvalue weighted by Gasteiger charge is -2.42. The molecule has 45 heavy (non-hydrogen) atoms. The number of amides is 1. The van der Waals surface area contributed by atoms with Gasteiger partial charge in [-0.2, -0.15) is 0 Å². The fraction of sp³-hybridized carbons (Fsp3) is 0.486. The first kappa shape index (κ1) is 29.8. The summed E-state index contributed by atoms with van der Waals surface area (Å²) in [6.07, 6.45) is 5.69. The molecule has 4 heterocycles. The van der Waals surface area contributed by atoms with Crippen LogP contribution in [-0.4, -0.2) is 103 Å². The number of nitrogens with zero attached hydrogens (tertiary/aromatic N) is 6. The standard InChI is InChI=1S/C35H45N7O3/c1-4-45-32-21-24(34(43)41-19-17-40(18-20-41)25-13-15-38(2)16-14-25)9-12-28(32)37-33-22-30-31(23-36-33)39(3)35(44)27-7-5-6-8-29(27)42(30)26-10-11-26/h5-9,12,21-23,25-26,35,44H,4,10-11,13-20H2,1-3H3,(H,36,37). The van der Waals surface area contributed by atoms with Gasteiger partial charge in [-0.15, -0.1) is 0 Å². The van der Waals surface area contributed by atoms with E-state index in [-0.39, 0.29) is 5.91 Å². The van der Waals surface area contributed by atoms with Crippen LogP contribution in [0.25, 0.3) is 0 Å². The molecular formula is C35H45N7O3. The number of rotatable bonds is 7. The van der Waals surface area contributed by atoms with E-state index in [1.165, 1.54) is 12.8 Å². The van der Waals surface area contributed by atoms with Gasteiger partial charge in [0.05, 0.1) is 29.9 Å². The van der Waals surface area contributed by atoms with Gasteiger partial charge < -0.3 is 34.8 Å². The normalized spacial score (nSPS) is 21.2. The molecular weight excluding hydrogens is 566 g/mol. The Labute approximate surface area is 266 Å². The second-order valence-electron chi connectivity index (χ2n) is 12.8. The van der Waals surface area contributed by atoms with Crippen LogP contribution in [0.2, 0.25) is 0 Å². The van der Waals surface area contributed by atoms with Crippen LogP contribution < -0.4 is 19.9 Å². The minimum atomic E-state index is -0.767. The lowest BCUT2D eigenvalue weighted by molar-refractivity contribution is 0.0475. The molecule has 1 unspecified atom stereocenters. The summed E-state index contributed by atoms with van der Waals surface area (Å²) in [7, 11) is 4.10. The first-order valence-electron chi connectivity index (χ1n) is 16.5. The number of ether oxygens (including phenoxy) is 1. The summed E-state index contributed by atoms with van der Waals surface area (Å²) < 4.78 is 6.05. The lowest BCUT2D eigenvalue weighted by Crippen LogP contribution is -2.54. The molecule has 4 aliphatic rings. The Kier molecular flexibility index (Phi) is 8.29. The van der Waals surface area contributed by atoms with Gasteiger partial charge in [0, 0.05) is 68.2 Å². The van der Waals surface area contributed by atoms with Gasteiger partial charge in [-0.05, 0) is 77.0 Å². The number of hydrogen-bond donors (Lipinski definition) is 2. The van der Waals surface area contributed by atoms with Crippen LogP contribution in [0.1, 0.15) is 54.8 Å². The van der Waals surface area contributed by atoms with Crippen LogP contribution in [-0.2, 0) is 0 Å². The second-order valence-corrected chi connectivity index (χ2v) is 12.8. The van der Waals surface area contributed by atoms with Gasteiger partial charge in [-0.25, -0.2) is 4.98 Å². The fourth-order valence-corrected chi connectivity index (χ4v) is 7.10. The SMILES string of the molecule is CCOc1cc(C(=O)N2CCN(C3CCN(C)CC3)CC2)ccc1Nc1cc2c(cn1)N(C)C(O)c1ccccc1N2C1CC1. The van der Waals surface area contributed by atoms with Gasteiger partial charge in [-0.3, -0.25) is 9.69 Å². The van der Waals surface area contributed by atoms with Crippen LogP contribution in [0.15, 0.2) is 54.7 Å². The highest BCUT2D eigenvalue weighted by Gasteiger charge is 2.38. The number of anilines is 5. The monoisotopic (exact) mass is 611 g/mol. The lowest BCUT2D eigenvalue weighted by atomic mass is 10.0. The van der Waals surface area contributed by atoms with E-state index in [2.05, 4.69) is 39.2 Å². The Balaban J connectivity index is 1.10. The molecule has 2 saturated heterocycles. The minimum absolute atomic E-state index is 0.0500. The molecule has 1 atom stereocenters. The predicted octanol–water partition coefficient (Wildman–Crippen LogP) is 4.82. The highest BCUT2D eigenvalue weighted by Crippen LogP contribution is 2.49. The molecule has 238 valence electrons. The number of carbonyl (C=O) groups excluding carboxylic acids is 1. The number of likely N-dealkylation sites (tertiary alicyclic amines) is 1. The summed E-state index contributed by atoms with van der Waals surface area (Å²) in [5, 5.41) is 14.7.